The first kappa shape index (κ1) is 21.8. The van der Waals surface area contributed by atoms with Crippen molar-refractivity contribution in [1.82, 2.24) is 14.9 Å². The lowest BCUT2D eigenvalue weighted by Crippen LogP contribution is -2.35. The molecular weight excluding hydrogens is 410 g/mol. The fourth-order valence-electron chi connectivity index (χ4n) is 4.51. The van der Waals surface area contributed by atoms with E-state index in [1.54, 1.807) is 22.5 Å². The highest BCUT2D eigenvalue weighted by atomic mass is 35.5. The number of amides is 1. The minimum Gasteiger partial charge on any atom is -0.355 e. The highest BCUT2D eigenvalue weighted by Crippen LogP contribution is 2.46. The first-order valence-corrected chi connectivity index (χ1v) is 11.0. The first-order valence-electron chi connectivity index (χ1n) is 9.53. The molecular formula is C21H26ClN3O3S. The van der Waals surface area contributed by atoms with E-state index in [4.69, 9.17) is 0 Å². The minimum atomic E-state index is -3.73. The van der Waals surface area contributed by atoms with Crippen LogP contribution in [0, 0.1) is 18.8 Å². The highest BCUT2D eigenvalue weighted by Gasteiger charge is 2.50. The van der Waals surface area contributed by atoms with Crippen molar-refractivity contribution in [3.05, 3.63) is 65.2 Å². The molecule has 0 bridgehead atoms. The van der Waals surface area contributed by atoms with Gasteiger partial charge < -0.3 is 10.6 Å². The molecule has 2 aromatic rings. The lowest BCUT2D eigenvalue weighted by Gasteiger charge is -2.29. The number of aryl methyl sites for hydroxylation is 1. The van der Waals surface area contributed by atoms with E-state index in [-0.39, 0.29) is 35.2 Å². The summed E-state index contributed by atoms with van der Waals surface area (Å²) in [5, 5.41) is 5.96. The Kier molecular flexibility index (Phi) is 6.33. The molecule has 2 N–H and O–H groups in total. The lowest BCUT2D eigenvalue weighted by molar-refractivity contribution is 0.0963. The van der Waals surface area contributed by atoms with Gasteiger partial charge in [0.1, 0.15) is 0 Å². The Labute approximate surface area is 178 Å². The summed E-state index contributed by atoms with van der Waals surface area (Å²) in [5.74, 6) is 0.245. The fraction of sp³-hybridized carbons (Fsp3) is 0.381. The summed E-state index contributed by atoms with van der Waals surface area (Å²) >= 11 is 0. The average Bonchev–Trinajstić information content (AvgIpc) is 3.29. The SMILES string of the molecule is CNC(=O)c1cccc(S(=O)(=O)N2C[C@@H]3CNC[C@@H]3[C@H]2c2ccccc2C)c1.Cl. The Morgan fingerprint density at radius 2 is 1.90 bits per heavy atom. The van der Waals surface area contributed by atoms with Gasteiger partial charge in [-0.25, -0.2) is 8.42 Å². The van der Waals surface area contributed by atoms with Crippen LogP contribution in [0.2, 0.25) is 0 Å². The molecule has 0 aromatic heterocycles. The molecule has 0 radical (unpaired) electrons. The van der Waals surface area contributed by atoms with Crippen LogP contribution in [0.25, 0.3) is 0 Å². The van der Waals surface area contributed by atoms with E-state index in [2.05, 4.69) is 10.6 Å². The van der Waals surface area contributed by atoms with Crippen molar-refractivity contribution in [2.75, 3.05) is 26.7 Å². The Morgan fingerprint density at radius 1 is 1.14 bits per heavy atom. The molecule has 1 amide bonds. The van der Waals surface area contributed by atoms with Gasteiger partial charge in [0.15, 0.2) is 0 Å². The lowest BCUT2D eigenvalue weighted by atomic mass is 9.88. The molecule has 4 rings (SSSR count). The zero-order valence-corrected chi connectivity index (χ0v) is 18.1. The van der Waals surface area contributed by atoms with Gasteiger partial charge in [-0.1, -0.05) is 30.3 Å². The van der Waals surface area contributed by atoms with Crippen LogP contribution in [0.3, 0.4) is 0 Å². The molecule has 2 saturated heterocycles. The van der Waals surface area contributed by atoms with Gasteiger partial charge in [-0.3, -0.25) is 4.79 Å². The van der Waals surface area contributed by atoms with Crippen molar-refractivity contribution < 1.29 is 13.2 Å². The van der Waals surface area contributed by atoms with E-state index in [1.807, 2.05) is 31.2 Å². The van der Waals surface area contributed by atoms with Crippen molar-refractivity contribution in [3.8, 4) is 0 Å². The van der Waals surface area contributed by atoms with Gasteiger partial charge in [-0.05, 0) is 54.6 Å². The molecule has 2 aliphatic heterocycles. The second-order valence-electron chi connectivity index (χ2n) is 7.57. The summed E-state index contributed by atoms with van der Waals surface area (Å²) in [6.07, 6.45) is 0. The maximum atomic E-state index is 13.6. The van der Waals surface area contributed by atoms with E-state index in [9.17, 15) is 13.2 Å². The average molecular weight is 436 g/mol. The Hall–Kier alpha value is -1.93. The van der Waals surface area contributed by atoms with Crippen LogP contribution in [0.15, 0.2) is 53.4 Å². The number of nitrogens with one attached hydrogen (secondary N) is 2. The molecule has 2 heterocycles. The summed E-state index contributed by atoms with van der Waals surface area (Å²) in [6.45, 7) is 4.16. The Morgan fingerprint density at radius 3 is 2.62 bits per heavy atom. The summed E-state index contributed by atoms with van der Waals surface area (Å²) in [5.41, 5.74) is 2.50. The quantitative estimate of drug-likeness (QED) is 0.772. The van der Waals surface area contributed by atoms with Crippen LogP contribution in [-0.4, -0.2) is 45.3 Å². The summed E-state index contributed by atoms with van der Waals surface area (Å²) in [4.78, 5) is 12.1. The third-order valence-corrected chi connectivity index (χ3v) is 7.80. The molecule has 2 aliphatic rings. The van der Waals surface area contributed by atoms with Gasteiger partial charge in [0.25, 0.3) is 5.91 Å². The first-order chi connectivity index (χ1) is 13.4. The van der Waals surface area contributed by atoms with Crippen LogP contribution >= 0.6 is 12.4 Å². The number of nitrogens with zero attached hydrogens (tertiary/aromatic N) is 1. The van der Waals surface area contributed by atoms with Gasteiger partial charge in [-0.15, -0.1) is 12.4 Å². The van der Waals surface area contributed by atoms with Gasteiger partial charge in [0, 0.05) is 25.7 Å². The normalized spacial score (nSPS) is 24.0. The number of benzene rings is 2. The van der Waals surface area contributed by atoms with Gasteiger partial charge in [-0.2, -0.15) is 4.31 Å². The fourth-order valence-corrected chi connectivity index (χ4v) is 6.26. The van der Waals surface area contributed by atoms with E-state index < -0.39 is 10.0 Å². The minimum absolute atomic E-state index is 0. The highest BCUT2D eigenvalue weighted by molar-refractivity contribution is 7.89. The molecule has 0 spiro atoms. The van der Waals surface area contributed by atoms with Crippen LogP contribution in [0.1, 0.15) is 27.5 Å². The Bertz CT molecular complexity index is 1010. The largest absolute Gasteiger partial charge is 0.355 e. The van der Waals surface area contributed by atoms with Crippen molar-refractivity contribution >= 4 is 28.3 Å². The number of hydrogen-bond donors (Lipinski definition) is 2. The third kappa shape index (κ3) is 3.80. The number of sulfonamides is 1. The number of carbonyl (C=O) groups is 1. The van der Waals surface area contributed by atoms with Crippen molar-refractivity contribution in [2.45, 2.75) is 17.9 Å². The van der Waals surface area contributed by atoms with Crippen molar-refractivity contribution in [1.29, 1.82) is 0 Å². The maximum Gasteiger partial charge on any atom is 0.251 e. The van der Waals surface area contributed by atoms with E-state index in [0.717, 1.165) is 24.2 Å². The van der Waals surface area contributed by atoms with E-state index >= 15 is 0 Å². The second kappa shape index (κ2) is 8.44. The Balaban J connectivity index is 0.00000240. The molecule has 0 saturated carbocycles. The van der Waals surface area contributed by atoms with Crippen LogP contribution < -0.4 is 10.6 Å². The molecule has 0 aliphatic carbocycles. The number of rotatable bonds is 4. The number of carbonyl (C=O) groups excluding carboxylic acids is 1. The van der Waals surface area contributed by atoms with Gasteiger partial charge in [0.2, 0.25) is 10.0 Å². The monoisotopic (exact) mass is 435 g/mol. The predicted molar refractivity (Wildman–Crippen MR) is 115 cm³/mol. The third-order valence-electron chi connectivity index (χ3n) is 5.96. The number of halogens is 1. The number of hydrogen-bond acceptors (Lipinski definition) is 4. The maximum absolute atomic E-state index is 13.6. The predicted octanol–water partition coefficient (Wildman–Crippen LogP) is 2.36. The standard InChI is InChI=1S/C21H25N3O3S.ClH/c1-14-6-3-4-9-18(14)20-19-12-23-11-16(19)13-24(20)28(26,27)17-8-5-7-15(10-17)21(25)22-2;/h3-10,16,19-20,23H,11-13H2,1-2H3,(H,22,25);1H/t16-,19-,20+;/m0./s1. The summed E-state index contributed by atoms with van der Waals surface area (Å²) in [6, 6.07) is 14.1. The van der Waals surface area contributed by atoms with Crippen LogP contribution in [0.4, 0.5) is 0 Å². The van der Waals surface area contributed by atoms with Crippen LogP contribution in [0.5, 0.6) is 0 Å². The number of fused-ring (bicyclic) bond motifs is 1. The molecule has 0 unspecified atom stereocenters. The zero-order chi connectivity index (χ0) is 19.9. The summed E-state index contributed by atoms with van der Waals surface area (Å²) in [7, 11) is -2.20. The van der Waals surface area contributed by atoms with Gasteiger partial charge in [0.05, 0.1) is 10.9 Å². The van der Waals surface area contributed by atoms with Crippen molar-refractivity contribution in [2.24, 2.45) is 11.8 Å². The molecule has 156 valence electrons. The molecule has 2 aromatic carbocycles. The molecule has 6 nitrogen and oxygen atoms in total. The summed E-state index contributed by atoms with van der Waals surface area (Å²) < 4.78 is 28.8. The molecule has 3 atom stereocenters. The zero-order valence-electron chi connectivity index (χ0n) is 16.5. The van der Waals surface area contributed by atoms with E-state index in [1.165, 1.54) is 13.1 Å². The topological polar surface area (TPSA) is 78.5 Å². The molecule has 29 heavy (non-hydrogen) atoms. The molecule has 2 fully saturated rings. The smallest absolute Gasteiger partial charge is 0.251 e. The van der Waals surface area contributed by atoms with Crippen LogP contribution in [-0.2, 0) is 10.0 Å². The van der Waals surface area contributed by atoms with E-state index in [0.29, 0.717) is 18.0 Å². The molecule has 8 heteroatoms. The van der Waals surface area contributed by atoms with Crippen molar-refractivity contribution in [3.63, 3.8) is 0 Å². The second-order valence-corrected chi connectivity index (χ2v) is 9.46. The van der Waals surface area contributed by atoms with Gasteiger partial charge >= 0.3 is 0 Å².